The molecule has 1 saturated carbocycles. The summed E-state index contributed by atoms with van der Waals surface area (Å²) in [6, 6.07) is 33.0. The minimum absolute atomic E-state index is 0. The third-order valence-electron chi connectivity index (χ3n) is 9.21. The number of allylic oxidation sites excluding steroid dienone is 2. The summed E-state index contributed by atoms with van der Waals surface area (Å²) in [5, 5.41) is 0. The monoisotopic (exact) mass is 743 g/mol. The number of para-hydroxylation sites is 1. The van der Waals surface area contributed by atoms with E-state index in [1.165, 1.54) is 48.0 Å². The van der Waals surface area contributed by atoms with Crippen LogP contribution in [0.25, 0.3) is 39.3 Å². The van der Waals surface area contributed by atoms with Crippen molar-refractivity contribution in [3.05, 3.63) is 108 Å². The molecule has 3 aliphatic rings. The first-order chi connectivity index (χ1) is 20.5. The van der Waals surface area contributed by atoms with Gasteiger partial charge in [-0.25, -0.2) is 0 Å². The van der Waals surface area contributed by atoms with E-state index in [-0.39, 0.29) is 20.1 Å². The predicted octanol–water partition coefficient (Wildman–Crippen LogP) is 9.49. The van der Waals surface area contributed by atoms with Gasteiger partial charge in [-0.3, -0.25) is 4.98 Å². The molecule has 5 heteroatoms. The van der Waals surface area contributed by atoms with Gasteiger partial charge in [0.2, 0.25) is 0 Å². The molecule has 2 atom stereocenters. The second-order valence-corrected chi connectivity index (χ2v) is 12.1. The second kappa shape index (κ2) is 12.2. The summed E-state index contributed by atoms with van der Waals surface area (Å²) in [6.07, 6.45) is 9.75. The summed E-state index contributed by atoms with van der Waals surface area (Å²) in [7, 11) is 0. The Balaban J connectivity index is 0.000000156. The van der Waals surface area contributed by atoms with Gasteiger partial charge in [-0.15, -0.1) is 71.3 Å². The number of aromatic nitrogens is 3. The van der Waals surface area contributed by atoms with E-state index in [0.29, 0.717) is 18.1 Å². The van der Waals surface area contributed by atoms with Crippen LogP contribution in [-0.2, 0) is 20.1 Å². The Hall–Kier alpha value is -3.53. The van der Waals surface area contributed by atoms with Gasteiger partial charge in [-0.2, -0.15) is 0 Å². The molecule has 0 bridgehead atoms. The van der Waals surface area contributed by atoms with E-state index in [0.717, 1.165) is 34.1 Å². The van der Waals surface area contributed by atoms with Gasteiger partial charge in [0.05, 0.1) is 16.9 Å². The normalized spacial score (nSPS) is 18.8. The zero-order valence-electron chi connectivity index (χ0n) is 25.3. The van der Waals surface area contributed by atoms with Gasteiger partial charge in [0.15, 0.2) is 0 Å². The van der Waals surface area contributed by atoms with Gasteiger partial charge < -0.3 is 14.5 Å². The minimum atomic E-state index is 0. The minimum Gasteiger partial charge on any atom is -0.376 e. The van der Waals surface area contributed by atoms with E-state index < -0.39 is 0 Å². The fourth-order valence-electron chi connectivity index (χ4n) is 7.40. The third-order valence-corrected chi connectivity index (χ3v) is 9.21. The van der Waals surface area contributed by atoms with E-state index in [1.54, 1.807) is 5.57 Å². The molecule has 43 heavy (non-hydrogen) atoms. The van der Waals surface area contributed by atoms with Gasteiger partial charge in [0, 0.05) is 61.4 Å². The summed E-state index contributed by atoms with van der Waals surface area (Å²) < 4.78 is 2.40. The molecule has 5 aromatic rings. The van der Waals surface area contributed by atoms with Crippen molar-refractivity contribution in [2.45, 2.75) is 71.5 Å². The molecular weight excluding hydrogens is 705 g/mol. The molecule has 0 spiro atoms. The molecular formula is C38H38IrN4-2. The summed E-state index contributed by atoms with van der Waals surface area (Å²) in [4.78, 5) is 11.9. The molecule has 4 nitrogen and oxygen atoms in total. The Morgan fingerprint density at radius 2 is 1.70 bits per heavy atom. The summed E-state index contributed by atoms with van der Waals surface area (Å²) >= 11 is 0. The fraction of sp³-hybridized carbons (Fsp3) is 0.316. The van der Waals surface area contributed by atoms with Gasteiger partial charge in [-0.05, 0) is 70.2 Å². The van der Waals surface area contributed by atoms with Crippen molar-refractivity contribution in [2.24, 2.45) is 5.92 Å². The number of hydrogen-bond acceptors (Lipinski definition) is 3. The van der Waals surface area contributed by atoms with Crippen LogP contribution in [0.1, 0.15) is 76.6 Å². The van der Waals surface area contributed by atoms with Crippen LogP contribution in [-0.4, -0.2) is 20.6 Å². The van der Waals surface area contributed by atoms with Gasteiger partial charge in [-0.1, -0.05) is 31.1 Å². The van der Waals surface area contributed by atoms with Crippen molar-refractivity contribution in [3.63, 3.8) is 0 Å². The standard InChI is InChI=1S/C22H21N2.C16H17N2.Ir/c1-15-14-19(16-8-5-6-9-16)18-12-7-13-20-21(18)24(15)22(23-20)17-10-3-2-4-11-17;1-11(2)18-12(3)13-7-4-5-8-14(13)16-15(18)9-6-10-17-16;/h2-4,7,10,12-16H,5-6,8-9H2,1H3;4-7,9-12H,1-3H3;/q2*-1;. The SMILES string of the molecule is CC(C)N1c2cccnc2-c2[c-]cccc2C1C.CC1C=C(C2CCCC2)c2cccc3nc(-c4[c-]cccc4)n1c23.[Ir]. The van der Waals surface area contributed by atoms with E-state index >= 15 is 0 Å². The molecule has 0 amide bonds. The quantitative estimate of drug-likeness (QED) is 0.173. The molecule has 221 valence electrons. The number of hydrogen-bond donors (Lipinski definition) is 0. The number of anilines is 1. The van der Waals surface area contributed by atoms with Gasteiger partial charge in [0.1, 0.15) is 0 Å². The molecule has 4 heterocycles. The Kier molecular flexibility index (Phi) is 8.40. The van der Waals surface area contributed by atoms with Crippen LogP contribution >= 0.6 is 0 Å². The van der Waals surface area contributed by atoms with Crippen LogP contribution in [0.4, 0.5) is 5.69 Å². The van der Waals surface area contributed by atoms with Crippen LogP contribution < -0.4 is 4.90 Å². The summed E-state index contributed by atoms with van der Waals surface area (Å²) in [5.74, 6) is 1.76. The average Bonchev–Trinajstić information content (AvgIpc) is 3.70. The third kappa shape index (κ3) is 5.17. The molecule has 0 N–H and O–H groups in total. The second-order valence-electron chi connectivity index (χ2n) is 12.1. The van der Waals surface area contributed by atoms with Crippen molar-refractivity contribution in [1.82, 2.24) is 14.5 Å². The van der Waals surface area contributed by atoms with Crippen molar-refractivity contribution in [1.29, 1.82) is 0 Å². The van der Waals surface area contributed by atoms with Crippen molar-refractivity contribution in [3.8, 4) is 22.6 Å². The topological polar surface area (TPSA) is 34.0 Å². The largest absolute Gasteiger partial charge is 0.376 e. The molecule has 2 unspecified atom stereocenters. The first-order valence-corrected chi connectivity index (χ1v) is 15.5. The molecule has 2 aliphatic heterocycles. The smallest absolute Gasteiger partial charge is 0.0777 e. The number of benzene rings is 3. The zero-order valence-corrected chi connectivity index (χ0v) is 27.7. The first kappa shape index (κ1) is 29.5. The number of rotatable bonds is 3. The van der Waals surface area contributed by atoms with Gasteiger partial charge >= 0.3 is 0 Å². The maximum absolute atomic E-state index is 4.96. The zero-order chi connectivity index (χ0) is 28.8. The molecule has 2 aromatic heterocycles. The van der Waals surface area contributed by atoms with Crippen LogP contribution in [0.2, 0.25) is 0 Å². The van der Waals surface area contributed by atoms with E-state index in [2.05, 4.69) is 109 Å². The number of imidazole rings is 1. The number of pyridine rings is 1. The Morgan fingerprint density at radius 3 is 2.47 bits per heavy atom. The molecule has 0 saturated heterocycles. The van der Waals surface area contributed by atoms with E-state index in [9.17, 15) is 0 Å². The van der Waals surface area contributed by atoms with Crippen LogP contribution in [0.5, 0.6) is 0 Å². The van der Waals surface area contributed by atoms with E-state index in [4.69, 9.17) is 4.98 Å². The Bertz CT molecular complexity index is 1760. The van der Waals surface area contributed by atoms with Crippen molar-refractivity contribution in [2.75, 3.05) is 4.90 Å². The fourth-order valence-corrected chi connectivity index (χ4v) is 7.40. The predicted molar refractivity (Wildman–Crippen MR) is 173 cm³/mol. The molecule has 8 rings (SSSR count). The van der Waals surface area contributed by atoms with Gasteiger partial charge in [0.25, 0.3) is 0 Å². The summed E-state index contributed by atoms with van der Waals surface area (Å²) in [5.41, 5.74) is 11.2. The first-order valence-electron chi connectivity index (χ1n) is 15.5. The Morgan fingerprint density at radius 1 is 0.884 bits per heavy atom. The molecule has 1 fully saturated rings. The van der Waals surface area contributed by atoms with Crippen molar-refractivity contribution < 1.29 is 20.1 Å². The maximum atomic E-state index is 4.96. The molecule has 1 aliphatic carbocycles. The van der Waals surface area contributed by atoms with E-state index in [1.807, 2.05) is 30.5 Å². The number of nitrogens with zero attached hydrogens (tertiary/aromatic N) is 4. The maximum Gasteiger partial charge on any atom is 0.0777 e. The van der Waals surface area contributed by atoms with Crippen LogP contribution in [0.3, 0.4) is 0 Å². The number of fused-ring (bicyclic) bond motifs is 3. The van der Waals surface area contributed by atoms with Crippen LogP contribution in [0, 0.1) is 18.1 Å². The molecule has 3 aromatic carbocycles. The van der Waals surface area contributed by atoms with Crippen molar-refractivity contribution >= 4 is 22.3 Å². The average molecular weight is 743 g/mol. The molecule has 1 radical (unpaired) electrons. The Labute approximate surface area is 269 Å². The summed E-state index contributed by atoms with van der Waals surface area (Å²) in [6.45, 7) is 9.00. The van der Waals surface area contributed by atoms with Crippen LogP contribution in [0.15, 0.2) is 85.1 Å².